The zero-order valence-corrected chi connectivity index (χ0v) is 11.9. The molecular formula is C15H17ClN2O2. The fourth-order valence-electron chi connectivity index (χ4n) is 2.43. The van der Waals surface area contributed by atoms with Crippen LogP contribution in [0.5, 0.6) is 5.75 Å². The molecule has 0 bridgehead atoms. The van der Waals surface area contributed by atoms with E-state index in [1.165, 1.54) is 0 Å². The number of nitrogens with one attached hydrogen (secondary N) is 1. The molecule has 1 amide bonds. The van der Waals surface area contributed by atoms with Gasteiger partial charge in [0.25, 0.3) is 5.91 Å². The van der Waals surface area contributed by atoms with E-state index in [1.54, 1.807) is 24.3 Å². The number of rotatable bonds is 4. The average Bonchev–Trinajstić information content (AvgIpc) is 2.46. The second-order valence-corrected chi connectivity index (χ2v) is 5.49. The summed E-state index contributed by atoms with van der Waals surface area (Å²) in [6.45, 7) is -0.107. The number of amides is 1. The normalized spacial score (nSPS) is 17.0. The van der Waals surface area contributed by atoms with Gasteiger partial charge in [0.15, 0.2) is 6.61 Å². The molecule has 0 radical (unpaired) electrons. The first-order valence-electron chi connectivity index (χ1n) is 6.74. The predicted octanol–water partition coefficient (Wildman–Crippen LogP) is 3.06. The third-order valence-corrected chi connectivity index (χ3v) is 3.70. The number of carbonyl (C=O) groups is 1. The average molecular weight is 293 g/mol. The zero-order valence-electron chi connectivity index (χ0n) is 11.2. The summed E-state index contributed by atoms with van der Waals surface area (Å²) >= 11 is 5.84. The summed E-state index contributed by atoms with van der Waals surface area (Å²) in [6, 6.07) is 9.13. The molecule has 0 heterocycles. The summed E-state index contributed by atoms with van der Waals surface area (Å²) in [6.07, 6.45) is 4.50. The number of benzene rings is 1. The van der Waals surface area contributed by atoms with Crippen LogP contribution >= 0.6 is 11.6 Å². The summed E-state index contributed by atoms with van der Waals surface area (Å²) in [5, 5.41) is 12.7. The fourth-order valence-corrected chi connectivity index (χ4v) is 2.61. The monoisotopic (exact) mass is 292 g/mol. The Hall–Kier alpha value is -1.73. The van der Waals surface area contributed by atoms with E-state index in [-0.39, 0.29) is 12.5 Å². The minimum Gasteiger partial charge on any atom is -0.484 e. The Bertz CT molecular complexity index is 519. The molecule has 0 unspecified atom stereocenters. The Morgan fingerprint density at radius 2 is 2.15 bits per heavy atom. The third kappa shape index (κ3) is 3.88. The maximum Gasteiger partial charge on any atom is 0.259 e. The van der Waals surface area contributed by atoms with Gasteiger partial charge in [-0.05, 0) is 31.0 Å². The molecule has 1 N–H and O–H groups in total. The van der Waals surface area contributed by atoms with Crippen molar-refractivity contribution in [3.05, 3.63) is 29.3 Å². The Morgan fingerprint density at radius 1 is 1.40 bits per heavy atom. The predicted molar refractivity (Wildman–Crippen MR) is 76.5 cm³/mol. The van der Waals surface area contributed by atoms with Gasteiger partial charge in [-0.15, -0.1) is 0 Å². The van der Waals surface area contributed by atoms with Gasteiger partial charge < -0.3 is 10.1 Å². The summed E-state index contributed by atoms with van der Waals surface area (Å²) in [5.41, 5.74) is -0.715. The van der Waals surface area contributed by atoms with Gasteiger partial charge in [-0.25, -0.2) is 0 Å². The number of nitriles is 1. The van der Waals surface area contributed by atoms with Crippen molar-refractivity contribution in [3.8, 4) is 11.8 Å². The third-order valence-electron chi connectivity index (χ3n) is 3.47. The van der Waals surface area contributed by atoms with Gasteiger partial charge in [-0.1, -0.05) is 36.9 Å². The molecule has 0 spiro atoms. The van der Waals surface area contributed by atoms with E-state index >= 15 is 0 Å². The minimum absolute atomic E-state index is 0.107. The van der Waals surface area contributed by atoms with Crippen LogP contribution in [0.2, 0.25) is 5.02 Å². The van der Waals surface area contributed by atoms with Crippen molar-refractivity contribution in [2.45, 2.75) is 37.6 Å². The molecule has 0 aliphatic heterocycles. The zero-order chi connectivity index (χ0) is 14.4. The maximum absolute atomic E-state index is 11.9. The highest BCUT2D eigenvalue weighted by atomic mass is 35.5. The van der Waals surface area contributed by atoms with Gasteiger partial charge >= 0.3 is 0 Å². The number of nitrogens with zero attached hydrogens (tertiary/aromatic N) is 1. The van der Waals surface area contributed by atoms with E-state index in [4.69, 9.17) is 16.3 Å². The van der Waals surface area contributed by atoms with E-state index in [1.807, 2.05) is 0 Å². The first-order chi connectivity index (χ1) is 9.63. The Kier molecular flexibility index (Phi) is 4.86. The van der Waals surface area contributed by atoms with Crippen molar-refractivity contribution in [2.75, 3.05) is 6.61 Å². The van der Waals surface area contributed by atoms with Crippen LogP contribution in [0.1, 0.15) is 32.1 Å². The lowest BCUT2D eigenvalue weighted by atomic mass is 9.83. The Balaban J connectivity index is 1.87. The van der Waals surface area contributed by atoms with Crippen LogP contribution in [0.25, 0.3) is 0 Å². The minimum atomic E-state index is -0.715. The summed E-state index contributed by atoms with van der Waals surface area (Å²) < 4.78 is 5.37. The lowest BCUT2D eigenvalue weighted by Crippen LogP contribution is -2.50. The number of halogens is 1. The summed E-state index contributed by atoms with van der Waals surface area (Å²) in [4.78, 5) is 11.9. The van der Waals surface area contributed by atoms with Crippen LogP contribution in [0.15, 0.2) is 24.3 Å². The molecule has 106 valence electrons. The molecule has 0 saturated heterocycles. The molecule has 1 saturated carbocycles. The number of hydrogen-bond donors (Lipinski definition) is 1. The lowest BCUT2D eigenvalue weighted by molar-refractivity contribution is -0.124. The van der Waals surface area contributed by atoms with Gasteiger partial charge in [0, 0.05) is 5.02 Å². The molecule has 4 nitrogen and oxygen atoms in total. The lowest BCUT2D eigenvalue weighted by Gasteiger charge is -2.31. The first-order valence-corrected chi connectivity index (χ1v) is 7.12. The second-order valence-electron chi connectivity index (χ2n) is 5.05. The highest BCUT2D eigenvalue weighted by molar-refractivity contribution is 6.30. The van der Waals surface area contributed by atoms with Crippen LogP contribution in [0, 0.1) is 11.3 Å². The van der Waals surface area contributed by atoms with Gasteiger partial charge in [0.05, 0.1) is 6.07 Å². The molecule has 0 atom stereocenters. The van der Waals surface area contributed by atoms with E-state index in [0.717, 1.165) is 19.3 Å². The van der Waals surface area contributed by atoms with Crippen molar-refractivity contribution in [1.29, 1.82) is 5.26 Å². The van der Waals surface area contributed by atoms with E-state index in [2.05, 4.69) is 11.4 Å². The molecule has 1 aromatic carbocycles. The highest BCUT2D eigenvalue weighted by Crippen LogP contribution is 2.27. The molecular weight excluding hydrogens is 276 g/mol. The molecule has 5 heteroatoms. The largest absolute Gasteiger partial charge is 0.484 e. The van der Waals surface area contributed by atoms with Crippen LogP contribution in [-0.2, 0) is 4.79 Å². The molecule has 20 heavy (non-hydrogen) atoms. The quantitative estimate of drug-likeness (QED) is 0.927. The van der Waals surface area contributed by atoms with Gasteiger partial charge in [-0.2, -0.15) is 5.26 Å². The van der Waals surface area contributed by atoms with Crippen molar-refractivity contribution in [3.63, 3.8) is 0 Å². The molecule has 1 fully saturated rings. The number of ether oxygens (including phenoxy) is 1. The Morgan fingerprint density at radius 3 is 2.80 bits per heavy atom. The second kappa shape index (κ2) is 6.62. The van der Waals surface area contributed by atoms with Gasteiger partial charge in [-0.3, -0.25) is 4.79 Å². The molecule has 0 aromatic heterocycles. The topological polar surface area (TPSA) is 62.1 Å². The van der Waals surface area contributed by atoms with E-state index in [9.17, 15) is 10.1 Å². The van der Waals surface area contributed by atoms with E-state index in [0.29, 0.717) is 23.6 Å². The van der Waals surface area contributed by atoms with Crippen LogP contribution < -0.4 is 10.1 Å². The smallest absolute Gasteiger partial charge is 0.259 e. The van der Waals surface area contributed by atoms with Crippen molar-refractivity contribution < 1.29 is 9.53 Å². The highest BCUT2D eigenvalue weighted by Gasteiger charge is 2.33. The molecule has 1 aromatic rings. The summed E-state index contributed by atoms with van der Waals surface area (Å²) in [5.74, 6) is 0.274. The van der Waals surface area contributed by atoms with Crippen molar-refractivity contribution >= 4 is 17.5 Å². The fraction of sp³-hybridized carbons (Fsp3) is 0.467. The van der Waals surface area contributed by atoms with Crippen LogP contribution in [0.4, 0.5) is 0 Å². The number of hydrogen-bond acceptors (Lipinski definition) is 3. The van der Waals surface area contributed by atoms with E-state index < -0.39 is 5.54 Å². The summed E-state index contributed by atoms with van der Waals surface area (Å²) in [7, 11) is 0. The molecule has 1 aliphatic carbocycles. The van der Waals surface area contributed by atoms with Crippen molar-refractivity contribution in [2.24, 2.45) is 0 Å². The van der Waals surface area contributed by atoms with Crippen LogP contribution in [0.3, 0.4) is 0 Å². The number of carbonyl (C=O) groups excluding carboxylic acids is 1. The SMILES string of the molecule is N#CC1(NC(=O)COc2cccc(Cl)c2)CCCCC1. The Labute approximate surface area is 123 Å². The van der Waals surface area contributed by atoms with Crippen molar-refractivity contribution in [1.82, 2.24) is 5.32 Å². The molecule has 1 aliphatic rings. The van der Waals surface area contributed by atoms with Gasteiger partial charge in [0.2, 0.25) is 0 Å². The first kappa shape index (κ1) is 14.7. The molecule has 2 rings (SSSR count). The maximum atomic E-state index is 11.9. The van der Waals surface area contributed by atoms with Crippen LogP contribution in [-0.4, -0.2) is 18.1 Å². The van der Waals surface area contributed by atoms with Gasteiger partial charge in [0.1, 0.15) is 11.3 Å². The standard InChI is InChI=1S/C15H17ClN2O2/c16-12-5-4-6-13(9-12)20-10-14(19)18-15(11-17)7-2-1-3-8-15/h4-6,9H,1-3,7-8,10H2,(H,18,19).